The monoisotopic (exact) mass is 431 g/mol. The van der Waals surface area contributed by atoms with Gasteiger partial charge >= 0.3 is 0 Å². The highest BCUT2D eigenvalue weighted by Crippen LogP contribution is 2.31. The molecule has 1 aliphatic rings. The van der Waals surface area contributed by atoms with Crippen molar-refractivity contribution in [3.05, 3.63) is 63.8 Å². The molecule has 1 fully saturated rings. The Morgan fingerprint density at radius 1 is 1.34 bits per heavy atom. The first kappa shape index (κ1) is 20.9. The second-order valence-electron chi connectivity index (χ2n) is 6.17. The minimum atomic E-state index is -0.383. The molecule has 0 aliphatic carbocycles. The van der Waals surface area contributed by atoms with Crippen LogP contribution >= 0.6 is 23.4 Å². The lowest BCUT2D eigenvalue weighted by Gasteiger charge is -2.13. The Bertz CT molecular complexity index is 965. The van der Waals surface area contributed by atoms with Crippen LogP contribution in [0.1, 0.15) is 11.1 Å². The summed E-state index contributed by atoms with van der Waals surface area (Å²) in [6, 6.07) is 8.66. The molecule has 0 saturated carbocycles. The van der Waals surface area contributed by atoms with Crippen LogP contribution in [0.2, 0.25) is 5.02 Å². The lowest BCUT2D eigenvalue weighted by molar-refractivity contribution is -0.125. The van der Waals surface area contributed by atoms with E-state index in [9.17, 15) is 14.4 Å². The Balaban J connectivity index is 1.47. The zero-order chi connectivity index (χ0) is 20.8. The molecule has 1 aromatic heterocycles. The van der Waals surface area contributed by atoms with E-state index >= 15 is 0 Å². The number of carbonyl (C=O) groups is 3. The first-order valence-electron chi connectivity index (χ1n) is 8.75. The van der Waals surface area contributed by atoms with Crippen LogP contribution in [0.25, 0.3) is 6.08 Å². The largest absolute Gasteiger partial charge is 0.484 e. The van der Waals surface area contributed by atoms with Crippen molar-refractivity contribution < 1.29 is 19.1 Å². The van der Waals surface area contributed by atoms with E-state index in [1.54, 1.807) is 48.8 Å². The van der Waals surface area contributed by atoms with E-state index in [2.05, 4.69) is 10.3 Å². The van der Waals surface area contributed by atoms with Gasteiger partial charge in [0.05, 0.1) is 4.91 Å². The van der Waals surface area contributed by atoms with Crippen molar-refractivity contribution in [2.45, 2.75) is 6.92 Å². The van der Waals surface area contributed by atoms with Gasteiger partial charge in [0.2, 0.25) is 0 Å². The number of hydrogen-bond acceptors (Lipinski definition) is 6. The number of nitrogens with zero attached hydrogens (tertiary/aromatic N) is 2. The molecule has 1 saturated heterocycles. The third kappa shape index (κ3) is 5.58. The van der Waals surface area contributed by atoms with E-state index in [0.29, 0.717) is 15.7 Å². The first-order chi connectivity index (χ1) is 13.9. The molecule has 0 spiro atoms. The van der Waals surface area contributed by atoms with Gasteiger partial charge in [0, 0.05) is 30.5 Å². The van der Waals surface area contributed by atoms with Crippen LogP contribution in [-0.4, -0.2) is 46.6 Å². The van der Waals surface area contributed by atoms with Crippen molar-refractivity contribution in [1.29, 1.82) is 0 Å². The van der Waals surface area contributed by atoms with Gasteiger partial charge in [0.25, 0.3) is 17.1 Å². The van der Waals surface area contributed by atoms with Crippen molar-refractivity contribution in [3.8, 4) is 5.75 Å². The number of rotatable bonds is 7. The smallest absolute Gasteiger partial charge is 0.293 e. The molecule has 9 heteroatoms. The Labute approximate surface area is 177 Å². The Morgan fingerprint density at radius 3 is 2.90 bits per heavy atom. The molecule has 1 N–H and O–H groups in total. The summed E-state index contributed by atoms with van der Waals surface area (Å²) >= 11 is 6.75. The molecule has 1 aromatic carbocycles. The molecule has 7 nitrogen and oxygen atoms in total. The minimum Gasteiger partial charge on any atom is -0.484 e. The van der Waals surface area contributed by atoms with Gasteiger partial charge in [-0.25, -0.2) is 0 Å². The van der Waals surface area contributed by atoms with Gasteiger partial charge in [0.15, 0.2) is 6.61 Å². The molecule has 2 aromatic rings. The molecule has 29 heavy (non-hydrogen) atoms. The van der Waals surface area contributed by atoms with E-state index in [0.717, 1.165) is 27.8 Å². The van der Waals surface area contributed by atoms with Crippen molar-refractivity contribution >= 4 is 46.5 Å². The van der Waals surface area contributed by atoms with Gasteiger partial charge in [0.1, 0.15) is 5.75 Å². The summed E-state index contributed by atoms with van der Waals surface area (Å²) in [5.74, 6) is -0.167. The highest BCUT2D eigenvalue weighted by molar-refractivity contribution is 8.18. The molecule has 0 bridgehead atoms. The Morgan fingerprint density at radius 2 is 2.17 bits per heavy atom. The summed E-state index contributed by atoms with van der Waals surface area (Å²) in [6.45, 7) is 1.88. The summed E-state index contributed by atoms with van der Waals surface area (Å²) in [5, 5.41) is 2.87. The highest BCUT2D eigenvalue weighted by Gasteiger charge is 2.34. The summed E-state index contributed by atoms with van der Waals surface area (Å²) in [5.41, 5.74) is 1.56. The fourth-order valence-electron chi connectivity index (χ4n) is 2.58. The summed E-state index contributed by atoms with van der Waals surface area (Å²) in [6.07, 6.45) is 4.86. The summed E-state index contributed by atoms with van der Waals surface area (Å²) in [7, 11) is 0. The maximum atomic E-state index is 12.4. The molecule has 3 amide bonds. The predicted octanol–water partition coefficient (Wildman–Crippen LogP) is 3.27. The number of ether oxygens (including phenoxy) is 1. The minimum absolute atomic E-state index is 0.0841. The van der Waals surface area contributed by atoms with Crippen LogP contribution < -0.4 is 10.1 Å². The number of pyridine rings is 1. The van der Waals surface area contributed by atoms with Crippen LogP contribution in [0.5, 0.6) is 5.75 Å². The van der Waals surface area contributed by atoms with Crippen molar-refractivity contribution in [2.75, 3.05) is 19.7 Å². The van der Waals surface area contributed by atoms with Crippen LogP contribution in [0.3, 0.4) is 0 Å². The number of aromatic nitrogens is 1. The molecular formula is C20H18ClN3O4S. The zero-order valence-electron chi connectivity index (χ0n) is 15.6. The van der Waals surface area contributed by atoms with Gasteiger partial charge in [-0.3, -0.25) is 24.3 Å². The van der Waals surface area contributed by atoms with E-state index in [1.807, 2.05) is 6.92 Å². The first-order valence-corrected chi connectivity index (χ1v) is 9.94. The number of aryl methyl sites for hydroxylation is 1. The number of halogens is 1. The average molecular weight is 432 g/mol. The molecular weight excluding hydrogens is 414 g/mol. The third-order valence-corrected chi connectivity index (χ3v) is 5.15. The van der Waals surface area contributed by atoms with Crippen LogP contribution in [0.4, 0.5) is 4.79 Å². The normalized spacial score (nSPS) is 15.1. The molecule has 0 radical (unpaired) electrons. The highest BCUT2D eigenvalue weighted by atomic mass is 35.5. The van der Waals surface area contributed by atoms with E-state index in [-0.39, 0.29) is 36.7 Å². The van der Waals surface area contributed by atoms with E-state index in [1.165, 1.54) is 0 Å². The number of thioether (sulfide) groups is 1. The predicted molar refractivity (Wildman–Crippen MR) is 112 cm³/mol. The van der Waals surface area contributed by atoms with Gasteiger partial charge in [-0.05, 0) is 60.2 Å². The van der Waals surface area contributed by atoms with Crippen LogP contribution in [-0.2, 0) is 9.59 Å². The fraction of sp³-hybridized carbons (Fsp3) is 0.200. The number of hydrogen-bond donors (Lipinski definition) is 1. The second kappa shape index (κ2) is 9.58. The van der Waals surface area contributed by atoms with Gasteiger partial charge in [-0.2, -0.15) is 0 Å². The zero-order valence-corrected chi connectivity index (χ0v) is 17.1. The molecule has 2 heterocycles. The third-order valence-electron chi connectivity index (χ3n) is 4.01. The lowest BCUT2D eigenvalue weighted by Crippen LogP contribution is -2.38. The van der Waals surface area contributed by atoms with Crippen molar-refractivity contribution in [2.24, 2.45) is 0 Å². The van der Waals surface area contributed by atoms with Gasteiger partial charge in [-0.1, -0.05) is 17.7 Å². The number of imide groups is 1. The number of nitrogens with one attached hydrogen (secondary N) is 1. The van der Waals surface area contributed by atoms with Gasteiger partial charge < -0.3 is 10.1 Å². The van der Waals surface area contributed by atoms with Gasteiger partial charge in [-0.15, -0.1) is 0 Å². The van der Waals surface area contributed by atoms with Crippen LogP contribution in [0, 0.1) is 6.92 Å². The second-order valence-corrected chi connectivity index (χ2v) is 7.60. The average Bonchev–Trinajstić information content (AvgIpc) is 2.95. The fourth-order valence-corrected chi connectivity index (χ4v) is 3.67. The molecule has 0 atom stereocenters. The van der Waals surface area contributed by atoms with Crippen molar-refractivity contribution in [3.63, 3.8) is 0 Å². The number of benzene rings is 1. The quantitative estimate of drug-likeness (QED) is 0.677. The van der Waals surface area contributed by atoms with Crippen LogP contribution in [0.15, 0.2) is 47.6 Å². The number of carbonyl (C=O) groups excluding carboxylic acids is 3. The lowest BCUT2D eigenvalue weighted by atomic mass is 10.2. The SMILES string of the molecule is Cc1cc(Cl)ccc1OCC(=O)NCCN1C(=O)S/C(=C\c2cccnc2)C1=O. The molecule has 3 rings (SSSR count). The van der Waals surface area contributed by atoms with E-state index < -0.39 is 0 Å². The standard InChI is InChI=1S/C20H18ClN3O4S/c1-13-9-15(21)4-5-16(13)28-12-18(25)23-7-8-24-19(26)17(29-20(24)27)10-14-3-2-6-22-11-14/h2-6,9-11H,7-8,12H2,1H3,(H,23,25)/b17-10-. The summed E-state index contributed by atoms with van der Waals surface area (Å²) in [4.78, 5) is 41.9. The number of amides is 3. The van der Waals surface area contributed by atoms with Crippen molar-refractivity contribution in [1.82, 2.24) is 15.2 Å². The molecule has 0 unspecified atom stereocenters. The Hall–Kier alpha value is -2.84. The topological polar surface area (TPSA) is 88.6 Å². The summed E-state index contributed by atoms with van der Waals surface area (Å²) < 4.78 is 5.46. The molecule has 1 aliphatic heterocycles. The maximum absolute atomic E-state index is 12.4. The van der Waals surface area contributed by atoms with E-state index in [4.69, 9.17) is 16.3 Å². The molecule has 150 valence electrons. The maximum Gasteiger partial charge on any atom is 0.293 e. The Kier molecular flexibility index (Phi) is 6.90.